The van der Waals surface area contributed by atoms with Gasteiger partial charge in [0.1, 0.15) is 0 Å². The van der Waals surface area contributed by atoms with Crippen LogP contribution in [-0.4, -0.2) is 31.7 Å². The van der Waals surface area contributed by atoms with Crippen molar-refractivity contribution in [2.75, 3.05) is 19.8 Å². The van der Waals surface area contributed by atoms with Crippen LogP contribution in [0.4, 0.5) is 0 Å². The Hall–Kier alpha value is -1.43. The van der Waals surface area contributed by atoms with Crippen molar-refractivity contribution in [2.24, 2.45) is 0 Å². The Bertz CT molecular complexity index is 356. The number of hydrogen-bond acceptors (Lipinski definition) is 6. The van der Waals surface area contributed by atoms with Crippen molar-refractivity contribution in [3.05, 3.63) is 22.1 Å². The third-order valence-electron chi connectivity index (χ3n) is 1.88. The molecule has 0 bridgehead atoms. The monoisotopic (exact) mass is 257 g/mol. The van der Waals surface area contributed by atoms with Crippen LogP contribution in [0.5, 0.6) is 0 Å². The average molecular weight is 257 g/mol. The summed E-state index contributed by atoms with van der Waals surface area (Å²) in [6.07, 6.45) is 0. The SMILES string of the molecule is C=C1CNC(=C(C(=O)OCC)C(=O)OCC)S1. The predicted molar refractivity (Wildman–Crippen MR) is 65.0 cm³/mol. The summed E-state index contributed by atoms with van der Waals surface area (Å²) >= 11 is 1.25. The van der Waals surface area contributed by atoms with Gasteiger partial charge >= 0.3 is 11.9 Å². The summed E-state index contributed by atoms with van der Waals surface area (Å²) in [5.74, 6) is -1.34. The van der Waals surface area contributed by atoms with Crippen LogP contribution in [0.2, 0.25) is 0 Å². The highest BCUT2D eigenvalue weighted by Crippen LogP contribution is 2.31. The highest BCUT2D eigenvalue weighted by molar-refractivity contribution is 8.07. The molecular formula is C11H15NO4S. The van der Waals surface area contributed by atoms with E-state index in [-0.39, 0.29) is 18.8 Å². The molecule has 0 aliphatic carbocycles. The normalized spacial score (nSPS) is 14.2. The number of carbonyl (C=O) groups excluding carboxylic acids is 2. The van der Waals surface area contributed by atoms with Gasteiger partial charge in [0, 0.05) is 11.4 Å². The van der Waals surface area contributed by atoms with E-state index in [0.717, 1.165) is 4.91 Å². The van der Waals surface area contributed by atoms with Crippen LogP contribution < -0.4 is 5.32 Å². The van der Waals surface area contributed by atoms with Crippen LogP contribution in [0.25, 0.3) is 0 Å². The second-order valence-electron chi connectivity index (χ2n) is 3.14. The molecular weight excluding hydrogens is 242 g/mol. The molecule has 1 aliphatic rings. The molecule has 0 amide bonds. The minimum absolute atomic E-state index is 0.0858. The lowest BCUT2D eigenvalue weighted by Gasteiger charge is -2.08. The van der Waals surface area contributed by atoms with E-state index in [9.17, 15) is 9.59 Å². The molecule has 1 rings (SSSR count). The van der Waals surface area contributed by atoms with Gasteiger partial charge in [-0.15, -0.1) is 0 Å². The van der Waals surface area contributed by atoms with E-state index in [1.807, 2.05) is 0 Å². The predicted octanol–water partition coefficient (Wildman–Crippen LogP) is 1.17. The molecule has 1 saturated heterocycles. The number of carbonyl (C=O) groups is 2. The minimum Gasteiger partial charge on any atom is -0.462 e. The van der Waals surface area contributed by atoms with Crippen molar-refractivity contribution in [2.45, 2.75) is 13.8 Å². The zero-order valence-corrected chi connectivity index (χ0v) is 10.7. The maximum Gasteiger partial charge on any atom is 0.348 e. The van der Waals surface area contributed by atoms with E-state index in [1.165, 1.54) is 11.8 Å². The second-order valence-corrected chi connectivity index (χ2v) is 4.33. The van der Waals surface area contributed by atoms with Gasteiger partial charge in [-0.05, 0) is 13.8 Å². The first kappa shape index (κ1) is 13.6. The average Bonchev–Trinajstić information content (AvgIpc) is 2.66. The maximum atomic E-state index is 11.7. The molecule has 0 unspecified atom stereocenters. The van der Waals surface area contributed by atoms with Gasteiger partial charge < -0.3 is 14.8 Å². The third-order valence-corrected chi connectivity index (χ3v) is 2.86. The molecule has 0 aromatic heterocycles. The highest BCUT2D eigenvalue weighted by atomic mass is 32.2. The summed E-state index contributed by atoms with van der Waals surface area (Å²) in [6, 6.07) is 0. The fraction of sp³-hybridized carbons (Fsp3) is 0.455. The smallest absolute Gasteiger partial charge is 0.348 e. The lowest BCUT2D eigenvalue weighted by atomic mass is 10.3. The van der Waals surface area contributed by atoms with Gasteiger partial charge in [0.15, 0.2) is 5.57 Å². The summed E-state index contributed by atoms with van der Waals surface area (Å²) in [7, 11) is 0. The van der Waals surface area contributed by atoms with E-state index < -0.39 is 11.9 Å². The summed E-state index contributed by atoms with van der Waals surface area (Å²) in [6.45, 7) is 8.07. The quantitative estimate of drug-likeness (QED) is 0.353. The summed E-state index contributed by atoms with van der Waals surface area (Å²) in [5, 5.41) is 3.38. The van der Waals surface area contributed by atoms with Crippen molar-refractivity contribution >= 4 is 23.7 Å². The number of thioether (sulfide) groups is 1. The van der Waals surface area contributed by atoms with Gasteiger partial charge in [-0.3, -0.25) is 0 Å². The number of hydrogen-bond donors (Lipinski definition) is 1. The zero-order chi connectivity index (χ0) is 12.8. The fourth-order valence-electron chi connectivity index (χ4n) is 1.21. The molecule has 0 aromatic rings. The first-order valence-electron chi connectivity index (χ1n) is 5.28. The molecule has 0 spiro atoms. The standard InChI is InChI=1S/C11H15NO4S/c1-4-15-10(13)8(11(14)16-5-2)9-12-6-7(3)17-9/h12H,3-6H2,1-2H3. The summed E-state index contributed by atoms with van der Waals surface area (Å²) < 4.78 is 9.68. The molecule has 1 fully saturated rings. The first-order chi connectivity index (χ1) is 8.10. The molecule has 0 radical (unpaired) electrons. The Balaban J connectivity index is 2.97. The number of rotatable bonds is 4. The van der Waals surface area contributed by atoms with E-state index in [2.05, 4.69) is 11.9 Å². The summed E-state index contributed by atoms with van der Waals surface area (Å²) in [4.78, 5) is 24.2. The van der Waals surface area contributed by atoms with Gasteiger partial charge in [0.2, 0.25) is 0 Å². The Morgan fingerprint density at radius 1 is 1.29 bits per heavy atom. The van der Waals surface area contributed by atoms with Crippen LogP contribution in [-0.2, 0) is 19.1 Å². The molecule has 1 aliphatic heterocycles. The Morgan fingerprint density at radius 3 is 2.18 bits per heavy atom. The van der Waals surface area contributed by atoms with E-state index >= 15 is 0 Å². The van der Waals surface area contributed by atoms with Gasteiger partial charge in [0.05, 0.1) is 18.2 Å². The maximum absolute atomic E-state index is 11.7. The topological polar surface area (TPSA) is 64.6 Å². The van der Waals surface area contributed by atoms with Crippen molar-refractivity contribution < 1.29 is 19.1 Å². The molecule has 1 N–H and O–H groups in total. The number of nitrogens with one attached hydrogen (secondary N) is 1. The van der Waals surface area contributed by atoms with E-state index in [0.29, 0.717) is 11.6 Å². The van der Waals surface area contributed by atoms with Crippen LogP contribution >= 0.6 is 11.8 Å². The largest absolute Gasteiger partial charge is 0.462 e. The van der Waals surface area contributed by atoms with E-state index in [1.54, 1.807) is 13.8 Å². The third kappa shape index (κ3) is 3.52. The molecule has 0 saturated carbocycles. The van der Waals surface area contributed by atoms with Crippen LogP contribution in [0.1, 0.15) is 13.8 Å². The van der Waals surface area contributed by atoms with Crippen molar-refractivity contribution in [3.8, 4) is 0 Å². The molecule has 0 aromatic carbocycles. The molecule has 5 nitrogen and oxygen atoms in total. The Morgan fingerprint density at radius 2 is 1.82 bits per heavy atom. The fourth-order valence-corrected chi connectivity index (χ4v) is 2.06. The molecule has 1 heterocycles. The molecule has 6 heteroatoms. The first-order valence-corrected chi connectivity index (χ1v) is 6.09. The zero-order valence-electron chi connectivity index (χ0n) is 9.87. The summed E-state index contributed by atoms with van der Waals surface area (Å²) in [5.41, 5.74) is -0.0858. The van der Waals surface area contributed by atoms with Gasteiger partial charge in [0.25, 0.3) is 0 Å². The second kappa shape index (κ2) is 6.34. The van der Waals surface area contributed by atoms with Crippen molar-refractivity contribution in [1.82, 2.24) is 5.32 Å². The minimum atomic E-state index is -0.671. The van der Waals surface area contributed by atoms with Gasteiger partial charge in [-0.1, -0.05) is 18.3 Å². The molecule has 94 valence electrons. The van der Waals surface area contributed by atoms with E-state index in [4.69, 9.17) is 9.47 Å². The number of esters is 2. The van der Waals surface area contributed by atoms with Crippen molar-refractivity contribution in [1.29, 1.82) is 0 Å². The molecule has 17 heavy (non-hydrogen) atoms. The molecule has 0 atom stereocenters. The van der Waals surface area contributed by atoms with Crippen LogP contribution in [0, 0.1) is 0 Å². The van der Waals surface area contributed by atoms with Gasteiger partial charge in [-0.25, -0.2) is 9.59 Å². The Labute approximate surface area is 104 Å². The van der Waals surface area contributed by atoms with Crippen LogP contribution in [0.3, 0.4) is 0 Å². The van der Waals surface area contributed by atoms with Crippen molar-refractivity contribution in [3.63, 3.8) is 0 Å². The lowest BCUT2D eigenvalue weighted by molar-refractivity contribution is -0.146. The Kier molecular flexibility index (Phi) is 5.09. The number of ether oxygens (including phenoxy) is 2. The highest BCUT2D eigenvalue weighted by Gasteiger charge is 2.29. The van der Waals surface area contributed by atoms with Crippen LogP contribution in [0.15, 0.2) is 22.1 Å². The van der Waals surface area contributed by atoms with Gasteiger partial charge in [-0.2, -0.15) is 0 Å². The lowest BCUT2D eigenvalue weighted by Crippen LogP contribution is -2.22.